The van der Waals surface area contributed by atoms with Gasteiger partial charge in [0.1, 0.15) is 5.82 Å². The molecule has 0 bridgehead atoms. The predicted molar refractivity (Wildman–Crippen MR) is 78.9 cm³/mol. The first-order chi connectivity index (χ1) is 9.31. The van der Waals surface area contributed by atoms with Crippen LogP contribution in [0, 0.1) is 0 Å². The lowest BCUT2D eigenvalue weighted by Gasteiger charge is -2.19. The highest BCUT2D eigenvalue weighted by molar-refractivity contribution is 6.18. The number of alkyl halides is 1. The second kappa shape index (κ2) is 5.35. The lowest BCUT2D eigenvalue weighted by Crippen LogP contribution is -2.23. The van der Waals surface area contributed by atoms with Crippen LogP contribution in [0.3, 0.4) is 0 Å². The Morgan fingerprint density at radius 2 is 2.26 bits per heavy atom. The van der Waals surface area contributed by atoms with Gasteiger partial charge < -0.3 is 9.64 Å². The first-order valence-corrected chi connectivity index (χ1v) is 7.07. The van der Waals surface area contributed by atoms with Crippen molar-refractivity contribution in [3.05, 3.63) is 35.9 Å². The Balaban J connectivity index is 2.00. The average molecular weight is 277 g/mol. The summed E-state index contributed by atoms with van der Waals surface area (Å²) >= 11 is 6.07. The number of fused-ring (bicyclic) bond motifs is 1. The van der Waals surface area contributed by atoms with Crippen LogP contribution < -0.4 is 4.90 Å². The summed E-state index contributed by atoms with van der Waals surface area (Å²) in [5.41, 5.74) is 2.15. The summed E-state index contributed by atoms with van der Waals surface area (Å²) in [5.74, 6) is 1.52. The molecule has 1 fully saturated rings. The van der Waals surface area contributed by atoms with Gasteiger partial charge in [0.2, 0.25) is 0 Å². The number of nitrogens with zero attached hydrogens (tertiary/aromatic N) is 2. The minimum atomic E-state index is 0.313. The van der Waals surface area contributed by atoms with Crippen LogP contribution in [0.15, 0.2) is 30.3 Å². The SMILES string of the molecule is COC1CCN(c2cc(CCl)c3ccccc3n2)C1. The Hall–Kier alpha value is -1.32. The maximum absolute atomic E-state index is 6.07. The molecule has 2 aromatic rings. The molecule has 1 atom stereocenters. The van der Waals surface area contributed by atoms with E-state index in [1.807, 2.05) is 18.2 Å². The Labute approximate surface area is 118 Å². The lowest BCUT2D eigenvalue weighted by atomic mass is 10.1. The third kappa shape index (κ3) is 2.40. The molecule has 1 aliphatic heterocycles. The number of methoxy groups -OCH3 is 1. The topological polar surface area (TPSA) is 25.4 Å². The van der Waals surface area contributed by atoms with Gasteiger partial charge in [0.05, 0.1) is 11.6 Å². The van der Waals surface area contributed by atoms with Crippen molar-refractivity contribution < 1.29 is 4.74 Å². The minimum absolute atomic E-state index is 0.313. The third-order valence-corrected chi connectivity index (χ3v) is 4.02. The molecule has 1 aromatic heterocycles. The van der Waals surface area contributed by atoms with E-state index in [1.165, 1.54) is 0 Å². The smallest absolute Gasteiger partial charge is 0.129 e. The van der Waals surface area contributed by atoms with Crippen LogP contribution in [0.2, 0.25) is 0 Å². The van der Waals surface area contributed by atoms with Crippen molar-refractivity contribution >= 4 is 28.3 Å². The van der Waals surface area contributed by atoms with Crippen molar-refractivity contribution in [1.82, 2.24) is 4.98 Å². The molecule has 19 heavy (non-hydrogen) atoms. The Kier molecular flexibility index (Phi) is 3.58. The van der Waals surface area contributed by atoms with Crippen molar-refractivity contribution in [2.75, 3.05) is 25.1 Å². The summed E-state index contributed by atoms with van der Waals surface area (Å²) in [6, 6.07) is 10.3. The van der Waals surface area contributed by atoms with Crippen LogP contribution in [-0.4, -0.2) is 31.3 Å². The number of pyridine rings is 1. The van der Waals surface area contributed by atoms with E-state index in [-0.39, 0.29) is 0 Å². The first kappa shape index (κ1) is 12.7. The number of hydrogen-bond acceptors (Lipinski definition) is 3. The van der Waals surface area contributed by atoms with Crippen molar-refractivity contribution in [1.29, 1.82) is 0 Å². The normalized spacial score (nSPS) is 19.3. The highest BCUT2D eigenvalue weighted by Gasteiger charge is 2.23. The van der Waals surface area contributed by atoms with E-state index in [2.05, 4.69) is 17.0 Å². The van der Waals surface area contributed by atoms with E-state index in [0.717, 1.165) is 41.8 Å². The molecule has 2 heterocycles. The molecule has 4 heteroatoms. The van der Waals surface area contributed by atoms with Crippen molar-refractivity contribution in [3.63, 3.8) is 0 Å². The summed E-state index contributed by atoms with van der Waals surface area (Å²) in [6.07, 6.45) is 1.37. The second-order valence-corrected chi connectivity index (χ2v) is 5.15. The largest absolute Gasteiger partial charge is 0.380 e. The van der Waals surface area contributed by atoms with Crippen molar-refractivity contribution in [2.24, 2.45) is 0 Å². The van der Waals surface area contributed by atoms with Crippen LogP contribution in [0.25, 0.3) is 10.9 Å². The van der Waals surface area contributed by atoms with Crippen molar-refractivity contribution in [3.8, 4) is 0 Å². The van der Waals surface area contributed by atoms with Gasteiger partial charge in [-0.2, -0.15) is 0 Å². The van der Waals surface area contributed by atoms with E-state index in [1.54, 1.807) is 7.11 Å². The van der Waals surface area contributed by atoms with Gasteiger partial charge in [-0.05, 0) is 24.1 Å². The number of hydrogen-bond donors (Lipinski definition) is 0. The van der Waals surface area contributed by atoms with Gasteiger partial charge >= 0.3 is 0 Å². The Morgan fingerprint density at radius 3 is 3.00 bits per heavy atom. The van der Waals surface area contributed by atoms with Crippen LogP contribution >= 0.6 is 11.6 Å². The van der Waals surface area contributed by atoms with Gasteiger partial charge in [-0.1, -0.05) is 18.2 Å². The summed E-state index contributed by atoms with van der Waals surface area (Å²) in [4.78, 5) is 7.02. The highest BCUT2D eigenvalue weighted by atomic mass is 35.5. The molecule has 0 amide bonds. The van der Waals surface area contributed by atoms with E-state index >= 15 is 0 Å². The van der Waals surface area contributed by atoms with Gasteiger partial charge in [-0.15, -0.1) is 11.6 Å². The van der Waals surface area contributed by atoms with E-state index in [0.29, 0.717) is 12.0 Å². The van der Waals surface area contributed by atoms with Gasteiger partial charge in [-0.3, -0.25) is 0 Å². The number of rotatable bonds is 3. The monoisotopic (exact) mass is 276 g/mol. The van der Waals surface area contributed by atoms with E-state index in [9.17, 15) is 0 Å². The molecule has 3 nitrogen and oxygen atoms in total. The minimum Gasteiger partial charge on any atom is -0.380 e. The maximum Gasteiger partial charge on any atom is 0.129 e. The predicted octanol–water partition coefficient (Wildman–Crippen LogP) is 3.20. The Bertz CT molecular complexity index is 587. The average Bonchev–Trinajstić information content (AvgIpc) is 2.95. The van der Waals surface area contributed by atoms with Crippen LogP contribution in [0.4, 0.5) is 5.82 Å². The molecule has 0 radical (unpaired) electrons. The zero-order chi connectivity index (χ0) is 13.2. The molecule has 1 saturated heterocycles. The van der Waals surface area contributed by atoms with Crippen LogP contribution in [-0.2, 0) is 10.6 Å². The van der Waals surface area contributed by atoms with Crippen LogP contribution in [0.5, 0.6) is 0 Å². The summed E-state index contributed by atoms with van der Waals surface area (Å²) in [6.45, 7) is 1.90. The molecule has 0 N–H and O–H groups in total. The molecular weight excluding hydrogens is 260 g/mol. The number of ether oxygens (including phenoxy) is 1. The number of halogens is 1. The molecule has 3 rings (SSSR count). The molecule has 100 valence electrons. The van der Waals surface area contributed by atoms with Crippen LogP contribution in [0.1, 0.15) is 12.0 Å². The zero-order valence-corrected chi connectivity index (χ0v) is 11.7. The summed E-state index contributed by atoms with van der Waals surface area (Å²) in [5, 5.41) is 1.14. The second-order valence-electron chi connectivity index (χ2n) is 4.88. The molecule has 1 unspecified atom stereocenters. The fraction of sp³-hybridized carbons (Fsp3) is 0.400. The molecule has 0 spiro atoms. The van der Waals surface area contributed by atoms with E-state index < -0.39 is 0 Å². The fourth-order valence-electron chi connectivity index (χ4n) is 2.63. The number of para-hydroxylation sites is 1. The van der Waals surface area contributed by atoms with Gasteiger partial charge in [0, 0.05) is 31.5 Å². The number of aromatic nitrogens is 1. The highest BCUT2D eigenvalue weighted by Crippen LogP contribution is 2.26. The van der Waals surface area contributed by atoms with Crippen molar-refractivity contribution in [2.45, 2.75) is 18.4 Å². The van der Waals surface area contributed by atoms with Gasteiger partial charge in [-0.25, -0.2) is 4.98 Å². The van der Waals surface area contributed by atoms with E-state index in [4.69, 9.17) is 21.3 Å². The quantitative estimate of drug-likeness (QED) is 0.805. The molecular formula is C15H17ClN2O. The molecule has 0 saturated carbocycles. The lowest BCUT2D eigenvalue weighted by molar-refractivity contribution is 0.121. The van der Waals surface area contributed by atoms with Gasteiger partial charge in [0.25, 0.3) is 0 Å². The first-order valence-electron chi connectivity index (χ1n) is 6.54. The molecule has 0 aliphatic carbocycles. The van der Waals surface area contributed by atoms with Gasteiger partial charge in [0.15, 0.2) is 0 Å². The molecule has 1 aliphatic rings. The zero-order valence-electron chi connectivity index (χ0n) is 11.0. The maximum atomic E-state index is 6.07. The standard InChI is InChI=1S/C15H17ClN2O/c1-19-12-6-7-18(10-12)15-8-11(9-16)13-4-2-3-5-14(13)17-15/h2-5,8,12H,6-7,9-10H2,1H3. The summed E-state index contributed by atoms with van der Waals surface area (Å²) in [7, 11) is 1.77. The molecule has 1 aromatic carbocycles. The fourth-order valence-corrected chi connectivity index (χ4v) is 2.85. The Morgan fingerprint density at radius 1 is 1.42 bits per heavy atom. The summed E-state index contributed by atoms with van der Waals surface area (Å²) < 4.78 is 5.41. The number of anilines is 1. The number of benzene rings is 1. The third-order valence-electron chi connectivity index (χ3n) is 3.73.